The van der Waals surface area contributed by atoms with Crippen LogP contribution < -0.4 is 14.8 Å². The third-order valence-electron chi connectivity index (χ3n) is 6.15. The third kappa shape index (κ3) is 6.30. The van der Waals surface area contributed by atoms with E-state index in [0.717, 1.165) is 27.1 Å². The Labute approximate surface area is 221 Å². The molecule has 1 N–H and O–H groups in total. The van der Waals surface area contributed by atoms with Crippen LogP contribution in [-0.2, 0) is 33.7 Å². The molecule has 0 fully saturated rings. The Balaban J connectivity index is 1.69. The van der Waals surface area contributed by atoms with E-state index in [2.05, 4.69) is 24.1 Å². The summed E-state index contributed by atoms with van der Waals surface area (Å²) < 4.78 is 21.3. The van der Waals surface area contributed by atoms with Crippen LogP contribution in [0.5, 0.6) is 11.5 Å². The fourth-order valence-electron chi connectivity index (χ4n) is 4.28. The average molecular weight is 531 g/mol. The first-order chi connectivity index (χ1) is 17.6. The zero-order chi connectivity index (χ0) is 27.3. The van der Waals surface area contributed by atoms with Crippen LogP contribution in [0.15, 0.2) is 11.6 Å². The number of benzene rings is 1. The summed E-state index contributed by atoms with van der Waals surface area (Å²) in [5.41, 5.74) is 4.11. The van der Waals surface area contributed by atoms with Gasteiger partial charge in [0.1, 0.15) is 23.7 Å². The van der Waals surface area contributed by atoms with Gasteiger partial charge in [-0.05, 0) is 44.6 Å². The number of carbonyl (C=O) groups excluding carboxylic acids is 3. The minimum Gasteiger partial charge on any atom is -0.496 e. The van der Waals surface area contributed by atoms with E-state index < -0.39 is 11.9 Å². The molecule has 3 rings (SSSR count). The van der Waals surface area contributed by atoms with Crippen LogP contribution in [-0.4, -0.2) is 44.2 Å². The van der Waals surface area contributed by atoms with Crippen LogP contribution in [0.1, 0.15) is 76.0 Å². The molecule has 1 aliphatic rings. The van der Waals surface area contributed by atoms with Gasteiger partial charge < -0.3 is 24.3 Å². The lowest BCUT2D eigenvalue weighted by Gasteiger charge is -2.18. The van der Waals surface area contributed by atoms with Gasteiger partial charge in [0, 0.05) is 22.4 Å². The van der Waals surface area contributed by atoms with Gasteiger partial charge in [0.15, 0.2) is 10.8 Å². The Hall–Kier alpha value is -3.40. The molecule has 2 heterocycles. The summed E-state index contributed by atoms with van der Waals surface area (Å²) in [6.45, 7) is 8.15. The maximum absolute atomic E-state index is 12.6. The average Bonchev–Trinajstić information content (AvgIpc) is 3.44. The highest BCUT2D eigenvalue weighted by atomic mass is 32.1. The molecule has 1 amide bonds. The second kappa shape index (κ2) is 12.2. The predicted molar refractivity (Wildman–Crippen MR) is 141 cm³/mol. The van der Waals surface area contributed by atoms with Crippen LogP contribution in [0.4, 0.5) is 5.13 Å². The molecule has 2 aromatic rings. The fourth-order valence-corrected chi connectivity index (χ4v) is 5.45. The first-order valence-electron chi connectivity index (χ1n) is 12.1. The standard InChI is InChI=1S/C27H34N2O7S/c1-14(2)12-19-22(26(32)35-7)29-27(37-19)28-20(30)11-9-15(3)8-10-17-23(33-5)16(4)18-13-36-25(31)21(18)24(17)34-6/h8,14H,9-13H2,1-7H3,(H,28,29,30). The van der Waals surface area contributed by atoms with Crippen LogP contribution in [0.25, 0.3) is 0 Å². The van der Waals surface area contributed by atoms with Gasteiger partial charge in [0.25, 0.3) is 0 Å². The molecule has 0 saturated heterocycles. The Bertz CT molecular complexity index is 1230. The van der Waals surface area contributed by atoms with E-state index in [1.165, 1.54) is 25.6 Å². The Morgan fingerprint density at radius 2 is 1.86 bits per heavy atom. The number of esters is 2. The van der Waals surface area contributed by atoms with Crippen LogP contribution in [0.2, 0.25) is 0 Å². The van der Waals surface area contributed by atoms with Gasteiger partial charge in [0.2, 0.25) is 5.91 Å². The second-order valence-corrected chi connectivity index (χ2v) is 10.4. The molecule has 0 spiro atoms. The molecule has 0 saturated carbocycles. The smallest absolute Gasteiger partial charge is 0.357 e. The fraction of sp³-hybridized carbons (Fsp3) is 0.481. The number of ether oxygens (including phenoxy) is 4. The summed E-state index contributed by atoms with van der Waals surface area (Å²) in [6.07, 6.45) is 3.91. The lowest BCUT2D eigenvalue weighted by atomic mass is 9.94. The first-order valence-corrected chi connectivity index (χ1v) is 12.9. The van der Waals surface area contributed by atoms with Gasteiger partial charge in [0.05, 0.1) is 21.3 Å². The van der Waals surface area contributed by atoms with Crippen LogP contribution in [0, 0.1) is 12.8 Å². The van der Waals surface area contributed by atoms with Gasteiger partial charge in [-0.1, -0.05) is 25.5 Å². The second-order valence-electron chi connectivity index (χ2n) is 9.28. The summed E-state index contributed by atoms with van der Waals surface area (Å²) in [7, 11) is 4.43. The molecule has 9 nitrogen and oxygen atoms in total. The minimum absolute atomic E-state index is 0.194. The highest BCUT2D eigenvalue weighted by Gasteiger charge is 2.32. The summed E-state index contributed by atoms with van der Waals surface area (Å²) in [5.74, 6) is 0.359. The Morgan fingerprint density at radius 3 is 2.49 bits per heavy atom. The number of hydrogen-bond acceptors (Lipinski definition) is 9. The number of hydrogen-bond donors (Lipinski definition) is 1. The lowest BCUT2D eigenvalue weighted by Crippen LogP contribution is -2.12. The molecule has 1 aliphatic heterocycles. The number of amides is 1. The number of anilines is 1. The zero-order valence-electron chi connectivity index (χ0n) is 22.4. The van der Waals surface area contributed by atoms with Crippen molar-refractivity contribution in [1.82, 2.24) is 4.98 Å². The number of rotatable bonds is 11. The summed E-state index contributed by atoms with van der Waals surface area (Å²) in [5, 5.41) is 3.19. The third-order valence-corrected chi connectivity index (χ3v) is 7.14. The summed E-state index contributed by atoms with van der Waals surface area (Å²) >= 11 is 1.30. The number of fused-ring (bicyclic) bond motifs is 1. The monoisotopic (exact) mass is 530 g/mol. The van der Waals surface area contributed by atoms with E-state index in [1.54, 1.807) is 7.11 Å². The van der Waals surface area contributed by atoms with Crippen molar-refractivity contribution in [3.8, 4) is 11.5 Å². The molecule has 0 unspecified atom stereocenters. The van der Waals surface area contributed by atoms with Crippen molar-refractivity contribution in [3.05, 3.63) is 44.5 Å². The zero-order valence-corrected chi connectivity index (χ0v) is 23.2. The minimum atomic E-state index is -0.507. The van der Waals surface area contributed by atoms with E-state index >= 15 is 0 Å². The normalized spacial score (nSPS) is 12.9. The lowest BCUT2D eigenvalue weighted by molar-refractivity contribution is -0.116. The number of cyclic esters (lactones) is 1. The van der Waals surface area contributed by atoms with Gasteiger partial charge in [-0.2, -0.15) is 0 Å². The van der Waals surface area contributed by atoms with Crippen LogP contribution >= 0.6 is 11.3 Å². The topological polar surface area (TPSA) is 113 Å². The highest BCUT2D eigenvalue weighted by molar-refractivity contribution is 7.16. The van der Waals surface area contributed by atoms with Crippen molar-refractivity contribution in [2.24, 2.45) is 5.92 Å². The number of nitrogens with one attached hydrogen (secondary N) is 1. The van der Waals surface area contributed by atoms with Crippen molar-refractivity contribution < 1.29 is 33.3 Å². The van der Waals surface area contributed by atoms with Crippen molar-refractivity contribution in [2.75, 3.05) is 26.6 Å². The molecule has 1 aromatic heterocycles. The maximum atomic E-state index is 12.6. The SMILES string of the molecule is COC(=O)c1nc(NC(=O)CCC(C)=CCc2c(OC)c(C)c3c(c2OC)C(=O)OC3)sc1CC(C)C. The Morgan fingerprint density at radius 1 is 1.16 bits per heavy atom. The van der Waals surface area contributed by atoms with Gasteiger partial charge in [-0.15, -0.1) is 11.3 Å². The van der Waals surface area contributed by atoms with Gasteiger partial charge in [-0.25, -0.2) is 14.6 Å². The van der Waals surface area contributed by atoms with E-state index in [9.17, 15) is 14.4 Å². The number of thiazole rings is 1. The van der Waals surface area contributed by atoms with E-state index in [4.69, 9.17) is 18.9 Å². The molecule has 0 atom stereocenters. The number of methoxy groups -OCH3 is 3. The molecule has 0 aliphatic carbocycles. The quantitative estimate of drug-likeness (QED) is 0.318. The van der Waals surface area contributed by atoms with E-state index in [0.29, 0.717) is 47.4 Å². The highest BCUT2D eigenvalue weighted by Crippen LogP contribution is 2.42. The molecule has 200 valence electrons. The number of aromatic nitrogens is 1. The van der Waals surface area contributed by atoms with Crippen molar-refractivity contribution in [2.45, 2.75) is 60.0 Å². The number of allylic oxidation sites excluding steroid dienone is 2. The first kappa shape index (κ1) is 28.2. The molecule has 37 heavy (non-hydrogen) atoms. The maximum Gasteiger partial charge on any atom is 0.357 e. The molecular formula is C27H34N2O7S. The Kier molecular flexibility index (Phi) is 9.31. The van der Waals surface area contributed by atoms with E-state index in [-0.39, 0.29) is 24.6 Å². The molecule has 0 bridgehead atoms. The van der Waals surface area contributed by atoms with Crippen molar-refractivity contribution in [3.63, 3.8) is 0 Å². The number of carbonyl (C=O) groups is 3. The largest absolute Gasteiger partial charge is 0.496 e. The van der Waals surface area contributed by atoms with Gasteiger partial charge in [-0.3, -0.25) is 4.79 Å². The summed E-state index contributed by atoms with van der Waals surface area (Å²) in [6, 6.07) is 0. The van der Waals surface area contributed by atoms with E-state index in [1.807, 2.05) is 19.9 Å². The molecule has 10 heteroatoms. The predicted octanol–water partition coefficient (Wildman–Crippen LogP) is 5.03. The van der Waals surface area contributed by atoms with Crippen LogP contribution in [0.3, 0.4) is 0 Å². The molecule has 1 aromatic carbocycles. The van der Waals surface area contributed by atoms with Crippen molar-refractivity contribution >= 4 is 34.3 Å². The molecular weight excluding hydrogens is 496 g/mol. The number of nitrogens with zero attached hydrogens (tertiary/aromatic N) is 1. The summed E-state index contributed by atoms with van der Waals surface area (Å²) in [4.78, 5) is 42.1. The molecule has 0 radical (unpaired) electrons. The van der Waals surface area contributed by atoms with Crippen molar-refractivity contribution in [1.29, 1.82) is 0 Å². The van der Waals surface area contributed by atoms with Gasteiger partial charge >= 0.3 is 11.9 Å².